The minimum absolute atomic E-state index is 0.135. The number of benzene rings is 1. The fraction of sp³-hybridized carbons (Fsp3) is 0.381. The van der Waals surface area contributed by atoms with Crippen LogP contribution in [0.3, 0.4) is 0 Å². The van der Waals surface area contributed by atoms with Gasteiger partial charge >= 0.3 is 12.3 Å². The third-order valence-corrected chi connectivity index (χ3v) is 6.41. The molecule has 0 spiro atoms. The van der Waals surface area contributed by atoms with Crippen molar-refractivity contribution in [2.45, 2.75) is 38.1 Å². The van der Waals surface area contributed by atoms with E-state index in [0.29, 0.717) is 24.3 Å². The lowest BCUT2D eigenvalue weighted by molar-refractivity contribution is -0.274. The smallest absolute Gasteiger partial charge is 0.480 e. The van der Waals surface area contributed by atoms with E-state index in [1.807, 2.05) is 6.92 Å². The molecule has 2 aromatic rings. The van der Waals surface area contributed by atoms with E-state index in [9.17, 15) is 32.7 Å². The van der Waals surface area contributed by atoms with Gasteiger partial charge in [-0.05, 0) is 56.6 Å². The van der Waals surface area contributed by atoms with Gasteiger partial charge < -0.3 is 15.2 Å². The second kappa shape index (κ2) is 8.91. The van der Waals surface area contributed by atoms with Crippen molar-refractivity contribution >= 4 is 34.0 Å². The SMILES string of the molecule is CCc1cc(C(=O)c2ccc(OC(F)(F)F)cc2)c(NC(=O)CN(C)C2(C(=O)O)CC2)s1. The summed E-state index contributed by atoms with van der Waals surface area (Å²) in [6.07, 6.45) is -3.30. The average molecular weight is 470 g/mol. The summed E-state index contributed by atoms with van der Waals surface area (Å²) in [5.74, 6) is -2.36. The summed E-state index contributed by atoms with van der Waals surface area (Å²) < 4.78 is 40.8. The first kappa shape index (κ1) is 23.7. The number of nitrogens with zero attached hydrogens (tertiary/aromatic N) is 1. The molecule has 1 heterocycles. The van der Waals surface area contributed by atoms with Crippen LogP contribution in [0.5, 0.6) is 5.75 Å². The van der Waals surface area contributed by atoms with E-state index in [4.69, 9.17) is 0 Å². The number of likely N-dealkylation sites (N-methyl/N-ethyl adjacent to an activating group) is 1. The molecule has 1 aliphatic carbocycles. The molecule has 1 amide bonds. The highest BCUT2D eigenvalue weighted by Crippen LogP contribution is 2.41. The summed E-state index contributed by atoms with van der Waals surface area (Å²) in [7, 11) is 1.56. The molecule has 1 fully saturated rings. The fourth-order valence-electron chi connectivity index (χ4n) is 3.25. The molecule has 0 atom stereocenters. The van der Waals surface area contributed by atoms with E-state index in [1.54, 1.807) is 13.1 Å². The molecule has 0 unspecified atom stereocenters. The highest BCUT2D eigenvalue weighted by atomic mass is 32.1. The number of alkyl halides is 3. The topological polar surface area (TPSA) is 95.9 Å². The molecule has 0 aliphatic heterocycles. The molecule has 7 nitrogen and oxygen atoms in total. The number of amides is 1. The van der Waals surface area contributed by atoms with Crippen LogP contribution >= 0.6 is 11.3 Å². The lowest BCUT2D eigenvalue weighted by atomic mass is 10.0. The Labute approximate surface area is 185 Å². The maximum atomic E-state index is 13.0. The summed E-state index contributed by atoms with van der Waals surface area (Å²) in [5.41, 5.74) is -0.678. The van der Waals surface area contributed by atoms with E-state index in [-0.39, 0.29) is 17.7 Å². The van der Waals surface area contributed by atoms with Crippen LogP contribution in [0.1, 0.15) is 40.6 Å². The highest BCUT2D eigenvalue weighted by molar-refractivity contribution is 7.16. The van der Waals surface area contributed by atoms with Crippen LogP contribution < -0.4 is 10.1 Å². The number of aliphatic carboxylic acids is 1. The van der Waals surface area contributed by atoms with Gasteiger partial charge in [0.25, 0.3) is 0 Å². The second-order valence-electron chi connectivity index (χ2n) is 7.45. The van der Waals surface area contributed by atoms with Crippen molar-refractivity contribution in [3.05, 3.63) is 46.3 Å². The minimum atomic E-state index is -4.83. The number of aryl methyl sites for hydroxylation is 1. The van der Waals surface area contributed by atoms with Gasteiger partial charge in [-0.15, -0.1) is 24.5 Å². The van der Waals surface area contributed by atoms with Crippen molar-refractivity contribution in [3.8, 4) is 5.75 Å². The predicted octanol–water partition coefficient (Wildman–Crippen LogP) is 3.93. The first-order valence-electron chi connectivity index (χ1n) is 9.73. The lowest BCUT2D eigenvalue weighted by Crippen LogP contribution is -2.44. The summed E-state index contributed by atoms with van der Waals surface area (Å²) >= 11 is 1.22. The fourth-order valence-corrected chi connectivity index (χ4v) is 4.26. The van der Waals surface area contributed by atoms with Crippen molar-refractivity contribution in [2.75, 3.05) is 18.9 Å². The summed E-state index contributed by atoms with van der Waals surface area (Å²) in [6, 6.07) is 6.15. The van der Waals surface area contributed by atoms with E-state index in [0.717, 1.165) is 17.0 Å². The van der Waals surface area contributed by atoms with Crippen molar-refractivity contribution < 1.29 is 37.4 Å². The number of ketones is 1. The number of carboxylic acid groups (broad SMARTS) is 1. The van der Waals surface area contributed by atoms with Crippen LogP contribution in [0.2, 0.25) is 0 Å². The van der Waals surface area contributed by atoms with Gasteiger partial charge in [-0.25, -0.2) is 0 Å². The zero-order chi connectivity index (χ0) is 23.7. The number of carbonyl (C=O) groups is 3. The van der Waals surface area contributed by atoms with Gasteiger partial charge in [0.2, 0.25) is 5.91 Å². The zero-order valence-corrected chi connectivity index (χ0v) is 18.1. The number of ether oxygens (including phenoxy) is 1. The highest BCUT2D eigenvalue weighted by Gasteiger charge is 2.54. The second-order valence-corrected chi connectivity index (χ2v) is 8.59. The first-order chi connectivity index (χ1) is 14.9. The quantitative estimate of drug-likeness (QED) is 0.540. The Morgan fingerprint density at radius 1 is 1.22 bits per heavy atom. The van der Waals surface area contributed by atoms with Crippen molar-refractivity contribution in [3.63, 3.8) is 0 Å². The number of rotatable bonds is 9. The maximum Gasteiger partial charge on any atom is 0.573 e. The zero-order valence-electron chi connectivity index (χ0n) is 17.3. The van der Waals surface area contributed by atoms with Gasteiger partial charge in [-0.1, -0.05) is 6.92 Å². The number of carbonyl (C=O) groups excluding carboxylic acids is 2. The summed E-state index contributed by atoms with van der Waals surface area (Å²) in [5, 5.41) is 12.3. The molecule has 11 heteroatoms. The van der Waals surface area contributed by atoms with E-state index < -0.39 is 35.3 Å². The lowest BCUT2D eigenvalue weighted by Gasteiger charge is -2.23. The molecule has 32 heavy (non-hydrogen) atoms. The molecule has 2 N–H and O–H groups in total. The van der Waals surface area contributed by atoms with Crippen LogP contribution in [0.15, 0.2) is 30.3 Å². The Morgan fingerprint density at radius 2 is 1.84 bits per heavy atom. The number of halogens is 3. The van der Waals surface area contributed by atoms with Crippen LogP contribution in [-0.2, 0) is 16.0 Å². The molecule has 1 saturated carbocycles. The molecular weight excluding hydrogens is 449 g/mol. The summed E-state index contributed by atoms with van der Waals surface area (Å²) in [6.45, 7) is 1.72. The van der Waals surface area contributed by atoms with Crippen molar-refractivity contribution in [1.82, 2.24) is 4.90 Å². The van der Waals surface area contributed by atoms with Crippen LogP contribution in [0.25, 0.3) is 0 Å². The number of hydrogen-bond acceptors (Lipinski definition) is 6. The third kappa shape index (κ3) is 5.28. The first-order valence-corrected chi connectivity index (χ1v) is 10.5. The Hall–Kier alpha value is -2.92. The van der Waals surface area contributed by atoms with Crippen LogP contribution in [0, 0.1) is 0 Å². The molecule has 0 saturated heterocycles. The number of anilines is 1. The van der Waals surface area contributed by atoms with Crippen molar-refractivity contribution in [2.24, 2.45) is 0 Å². The van der Waals surface area contributed by atoms with Crippen LogP contribution in [-0.4, -0.2) is 53.2 Å². The maximum absolute atomic E-state index is 13.0. The standard InChI is InChI=1S/C21H21F3N2O5S/c1-3-14-10-15(17(28)12-4-6-13(7-5-12)31-21(22,23)24)18(32-14)25-16(27)11-26(2)20(8-9-20)19(29)30/h4-7,10H,3,8-9,11H2,1-2H3,(H,25,27)(H,29,30). The Kier molecular flexibility index (Phi) is 6.61. The molecule has 172 valence electrons. The third-order valence-electron chi connectivity index (χ3n) is 5.21. The molecule has 0 radical (unpaired) electrons. The molecule has 1 aromatic carbocycles. The van der Waals surface area contributed by atoms with Gasteiger partial charge in [0.05, 0.1) is 12.1 Å². The van der Waals surface area contributed by atoms with Gasteiger partial charge in [-0.3, -0.25) is 19.3 Å². The number of nitrogens with one attached hydrogen (secondary N) is 1. The predicted molar refractivity (Wildman–Crippen MR) is 111 cm³/mol. The van der Waals surface area contributed by atoms with Gasteiger partial charge in [-0.2, -0.15) is 0 Å². The molecular formula is C21H21F3N2O5S. The number of carboxylic acids is 1. The van der Waals surface area contributed by atoms with E-state index >= 15 is 0 Å². The number of hydrogen-bond donors (Lipinski definition) is 2. The van der Waals surface area contributed by atoms with E-state index in [1.165, 1.54) is 28.4 Å². The van der Waals surface area contributed by atoms with Crippen molar-refractivity contribution in [1.29, 1.82) is 0 Å². The summed E-state index contributed by atoms with van der Waals surface area (Å²) in [4.78, 5) is 39.2. The molecule has 0 bridgehead atoms. The average Bonchev–Trinajstić information content (AvgIpc) is 3.43. The molecule has 1 aromatic heterocycles. The van der Waals surface area contributed by atoms with Gasteiger partial charge in [0, 0.05) is 10.4 Å². The monoisotopic (exact) mass is 470 g/mol. The normalized spacial score (nSPS) is 14.8. The van der Waals surface area contributed by atoms with E-state index in [2.05, 4.69) is 10.1 Å². The molecule has 1 aliphatic rings. The minimum Gasteiger partial charge on any atom is -0.480 e. The van der Waals surface area contributed by atoms with Crippen LogP contribution in [0.4, 0.5) is 18.2 Å². The Balaban J connectivity index is 1.75. The van der Waals surface area contributed by atoms with Gasteiger partial charge in [0.1, 0.15) is 16.3 Å². The Morgan fingerprint density at radius 3 is 2.34 bits per heavy atom. The largest absolute Gasteiger partial charge is 0.573 e. The number of thiophene rings is 1. The van der Waals surface area contributed by atoms with Gasteiger partial charge in [0.15, 0.2) is 5.78 Å². The molecule has 3 rings (SSSR count). The Bertz CT molecular complexity index is 1030.